The van der Waals surface area contributed by atoms with Crippen molar-refractivity contribution >= 4 is 5.91 Å². The molecule has 0 bridgehead atoms. The summed E-state index contributed by atoms with van der Waals surface area (Å²) in [6, 6.07) is 3.45. The maximum absolute atomic E-state index is 11.4. The highest BCUT2D eigenvalue weighted by atomic mass is 16.2. The van der Waals surface area contributed by atoms with Crippen molar-refractivity contribution in [3.63, 3.8) is 0 Å². The summed E-state index contributed by atoms with van der Waals surface area (Å²) in [6.45, 7) is 4.30. The molecule has 1 amide bonds. The van der Waals surface area contributed by atoms with Gasteiger partial charge in [-0.25, -0.2) is 0 Å². The largest absolute Gasteiger partial charge is 0.351 e. The predicted molar refractivity (Wildman–Crippen MR) is 59.1 cm³/mol. The minimum Gasteiger partial charge on any atom is -0.351 e. The Labute approximate surface area is 89.9 Å². The summed E-state index contributed by atoms with van der Waals surface area (Å²) < 4.78 is 0. The maximum Gasteiger partial charge on any atom is 0.237 e. The average molecular weight is 207 g/mol. The number of amides is 1. The van der Waals surface area contributed by atoms with Gasteiger partial charge < -0.3 is 11.1 Å². The van der Waals surface area contributed by atoms with Crippen LogP contribution in [0.1, 0.15) is 24.6 Å². The number of nitrogens with zero attached hydrogens (tertiary/aromatic N) is 1. The molecule has 1 atom stereocenters. The molecule has 4 nitrogen and oxygen atoms in total. The van der Waals surface area contributed by atoms with Crippen molar-refractivity contribution in [3.05, 3.63) is 29.6 Å². The standard InChI is InChI=1S/C11H17N3O/c1-3-10(12)11(15)14-7-9-5-4-8(2)13-6-9/h4-6,10H,3,7,12H2,1-2H3,(H,14,15)/t10-/m1/s1. The maximum atomic E-state index is 11.4. The Balaban J connectivity index is 2.43. The first kappa shape index (κ1) is 11.7. The lowest BCUT2D eigenvalue weighted by molar-refractivity contribution is -0.122. The van der Waals surface area contributed by atoms with Crippen LogP contribution in [-0.2, 0) is 11.3 Å². The summed E-state index contributed by atoms with van der Waals surface area (Å²) >= 11 is 0. The van der Waals surface area contributed by atoms with Crippen LogP contribution in [0, 0.1) is 6.92 Å². The Hall–Kier alpha value is -1.42. The fourth-order valence-corrected chi connectivity index (χ4v) is 1.11. The van der Waals surface area contributed by atoms with E-state index in [1.807, 2.05) is 26.0 Å². The van der Waals surface area contributed by atoms with Crippen LogP contribution >= 0.6 is 0 Å². The molecule has 0 saturated carbocycles. The van der Waals surface area contributed by atoms with Crippen LogP contribution in [-0.4, -0.2) is 16.9 Å². The van der Waals surface area contributed by atoms with E-state index in [0.29, 0.717) is 13.0 Å². The molecule has 3 N–H and O–H groups in total. The molecule has 0 aromatic carbocycles. The number of nitrogens with two attached hydrogens (primary N) is 1. The van der Waals surface area contributed by atoms with Gasteiger partial charge in [0.15, 0.2) is 0 Å². The molecule has 0 spiro atoms. The van der Waals surface area contributed by atoms with Gasteiger partial charge in [-0.3, -0.25) is 9.78 Å². The Morgan fingerprint density at radius 2 is 2.33 bits per heavy atom. The molecular formula is C11H17N3O. The second-order valence-electron chi connectivity index (χ2n) is 3.54. The fraction of sp³-hybridized carbons (Fsp3) is 0.455. The Morgan fingerprint density at radius 3 is 2.87 bits per heavy atom. The van der Waals surface area contributed by atoms with Gasteiger partial charge in [0.25, 0.3) is 0 Å². The lowest BCUT2D eigenvalue weighted by Gasteiger charge is -2.09. The van der Waals surface area contributed by atoms with E-state index in [9.17, 15) is 4.79 Å². The van der Waals surface area contributed by atoms with Gasteiger partial charge in [-0.05, 0) is 25.0 Å². The predicted octanol–water partition coefficient (Wildman–Crippen LogP) is 0.744. The van der Waals surface area contributed by atoms with Crippen molar-refractivity contribution in [1.29, 1.82) is 0 Å². The molecule has 0 aliphatic heterocycles. The first-order valence-electron chi connectivity index (χ1n) is 5.08. The lowest BCUT2D eigenvalue weighted by atomic mass is 10.2. The van der Waals surface area contributed by atoms with E-state index in [4.69, 9.17) is 5.73 Å². The van der Waals surface area contributed by atoms with E-state index in [1.54, 1.807) is 6.20 Å². The molecule has 0 aliphatic carbocycles. The zero-order chi connectivity index (χ0) is 11.3. The van der Waals surface area contributed by atoms with Crippen molar-refractivity contribution in [2.75, 3.05) is 0 Å². The van der Waals surface area contributed by atoms with E-state index < -0.39 is 6.04 Å². The summed E-state index contributed by atoms with van der Waals surface area (Å²) in [7, 11) is 0. The minimum atomic E-state index is -0.414. The summed E-state index contributed by atoms with van der Waals surface area (Å²) in [4.78, 5) is 15.5. The van der Waals surface area contributed by atoms with Gasteiger partial charge >= 0.3 is 0 Å². The van der Waals surface area contributed by atoms with Gasteiger partial charge in [-0.1, -0.05) is 13.0 Å². The summed E-state index contributed by atoms with van der Waals surface area (Å²) in [5.41, 5.74) is 7.53. The minimum absolute atomic E-state index is 0.113. The summed E-state index contributed by atoms with van der Waals surface area (Å²) in [5, 5.41) is 2.77. The van der Waals surface area contributed by atoms with Gasteiger partial charge in [-0.15, -0.1) is 0 Å². The third kappa shape index (κ3) is 3.67. The van der Waals surface area contributed by atoms with Crippen molar-refractivity contribution in [2.24, 2.45) is 5.73 Å². The zero-order valence-electron chi connectivity index (χ0n) is 9.16. The number of pyridine rings is 1. The number of aromatic nitrogens is 1. The molecule has 15 heavy (non-hydrogen) atoms. The number of aryl methyl sites for hydroxylation is 1. The van der Waals surface area contributed by atoms with Crippen LogP contribution in [0.15, 0.2) is 18.3 Å². The molecule has 0 fully saturated rings. The van der Waals surface area contributed by atoms with Crippen molar-refractivity contribution < 1.29 is 4.79 Å². The molecule has 0 saturated heterocycles. The molecule has 1 heterocycles. The highest BCUT2D eigenvalue weighted by molar-refractivity contribution is 5.81. The normalized spacial score (nSPS) is 12.2. The van der Waals surface area contributed by atoms with Crippen LogP contribution in [0.25, 0.3) is 0 Å². The zero-order valence-corrected chi connectivity index (χ0v) is 9.16. The van der Waals surface area contributed by atoms with E-state index in [-0.39, 0.29) is 5.91 Å². The number of rotatable bonds is 4. The van der Waals surface area contributed by atoms with Crippen LogP contribution < -0.4 is 11.1 Å². The Bertz CT molecular complexity index is 321. The van der Waals surface area contributed by atoms with E-state index in [0.717, 1.165) is 11.3 Å². The second kappa shape index (κ2) is 5.46. The van der Waals surface area contributed by atoms with Gasteiger partial charge in [0.05, 0.1) is 6.04 Å². The highest BCUT2D eigenvalue weighted by Gasteiger charge is 2.09. The van der Waals surface area contributed by atoms with E-state index in [1.165, 1.54) is 0 Å². The molecule has 4 heteroatoms. The number of hydrogen-bond donors (Lipinski definition) is 2. The molecule has 0 unspecified atom stereocenters. The monoisotopic (exact) mass is 207 g/mol. The van der Waals surface area contributed by atoms with Gasteiger partial charge in [0.2, 0.25) is 5.91 Å². The molecule has 1 rings (SSSR count). The van der Waals surface area contributed by atoms with Crippen molar-refractivity contribution in [3.8, 4) is 0 Å². The lowest BCUT2D eigenvalue weighted by Crippen LogP contribution is -2.39. The number of carbonyl (C=O) groups excluding carboxylic acids is 1. The molecule has 1 aromatic rings. The fourth-order valence-electron chi connectivity index (χ4n) is 1.11. The molecular weight excluding hydrogens is 190 g/mol. The SMILES string of the molecule is CC[C@@H](N)C(=O)NCc1ccc(C)nc1. The van der Waals surface area contributed by atoms with Gasteiger partial charge in [0.1, 0.15) is 0 Å². The third-order valence-corrected chi connectivity index (χ3v) is 2.22. The van der Waals surface area contributed by atoms with E-state index >= 15 is 0 Å². The van der Waals surface area contributed by atoms with Crippen LogP contribution in [0.2, 0.25) is 0 Å². The Morgan fingerprint density at radius 1 is 1.60 bits per heavy atom. The topological polar surface area (TPSA) is 68.0 Å². The molecule has 0 radical (unpaired) electrons. The molecule has 0 aliphatic rings. The Kier molecular flexibility index (Phi) is 4.24. The summed E-state index contributed by atoms with van der Waals surface area (Å²) in [5.74, 6) is -0.113. The van der Waals surface area contributed by atoms with E-state index in [2.05, 4.69) is 10.3 Å². The van der Waals surface area contributed by atoms with Crippen LogP contribution in [0.4, 0.5) is 0 Å². The smallest absolute Gasteiger partial charge is 0.237 e. The number of carbonyl (C=O) groups is 1. The first-order valence-corrected chi connectivity index (χ1v) is 5.08. The quantitative estimate of drug-likeness (QED) is 0.765. The second-order valence-corrected chi connectivity index (χ2v) is 3.54. The molecule has 82 valence electrons. The summed E-state index contributed by atoms with van der Waals surface area (Å²) in [6.07, 6.45) is 2.41. The highest BCUT2D eigenvalue weighted by Crippen LogP contribution is 1.98. The third-order valence-electron chi connectivity index (χ3n) is 2.22. The number of nitrogens with one attached hydrogen (secondary N) is 1. The van der Waals surface area contributed by atoms with Crippen molar-refractivity contribution in [2.45, 2.75) is 32.9 Å². The van der Waals surface area contributed by atoms with Gasteiger partial charge in [-0.2, -0.15) is 0 Å². The van der Waals surface area contributed by atoms with Crippen molar-refractivity contribution in [1.82, 2.24) is 10.3 Å². The van der Waals surface area contributed by atoms with Gasteiger partial charge in [0, 0.05) is 18.4 Å². The van der Waals surface area contributed by atoms with Crippen LogP contribution in [0.3, 0.4) is 0 Å². The first-order chi connectivity index (χ1) is 7.13. The van der Waals surface area contributed by atoms with Crippen LogP contribution in [0.5, 0.6) is 0 Å². The average Bonchev–Trinajstić information content (AvgIpc) is 2.26. The number of hydrogen-bond acceptors (Lipinski definition) is 3. The molecule has 1 aromatic heterocycles.